The normalized spacial score (nSPS) is 10.2. The van der Waals surface area contributed by atoms with E-state index < -0.39 is 11.6 Å². The molecule has 0 N–H and O–H groups in total. The standard InChI is InChI=1S/C14H10F2O2/c1-9-2-4-13(10(6-9)8-17)18-14-5-3-11(15)7-12(14)16/h2-8H,1H3. The average Bonchev–Trinajstić information content (AvgIpc) is 2.34. The number of halogens is 2. The number of hydrogen-bond donors (Lipinski definition) is 0. The number of hydrogen-bond acceptors (Lipinski definition) is 2. The van der Waals surface area contributed by atoms with Gasteiger partial charge in [-0.3, -0.25) is 4.79 Å². The molecule has 0 amide bonds. The van der Waals surface area contributed by atoms with E-state index in [2.05, 4.69) is 0 Å². The third kappa shape index (κ3) is 2.53. The van der Waals surface area contributed by atoms with Crippen molar-refractivity contribution in [1.82, 2.24) is 0 Å². The fourth-order valence-electron chi connectivity index (χ4n) is 1.53. The Labute approximate surface area is 103 Å². The van der Waals surface area contributed by atoms with Crippen molar-refractivity contribution in [3.63, 3.8) is 0 Å². The van der Waals surface area contributed by atoms with E-state index in [0.29, 0.717) is 11.8 Å². The summed E-state index contributed by atoms with van der Waals surface area (Å²) < 4.78 is 31.4. The summed E-state index contributed by atoms with van der Waals surface area (Å²) >= 11 is 0. The Hall–Kier alpha value is -2.23. The molecule has 2 nitrogen and oxygen atoms in total. The van der Waals surface area contributed by atoms with Gasteiger partial charge >= 0.3 is 0 Å². The zero-order chi connectivity index (χ0) is 13.1. The van der Waals surface area contributed by atoms with Crippen molar-refractivity contribution in [3.05, 3.63) is 59.2 Å². The second-order valence-corrected chi connectivity index (χ2v) is 3.84. The van der Waals surface area contributed by atoms with Gasteiger partial charge in [-0.1, -0.05) is 11.6 Å². The quantitative estimate of drug-likeness (QED) is 0.770. The fraction of sp³-hybridized carbons (Fsp3) is 0.0714. The molecule has 0 radical (unpaired) electrons. The molecule has 0 atom stereocenters. The lowest BCUT2D eigenvalue weighted by Gasteiger charge is -2.09. The van der Waals surface area contributed by atoms with Crippen LogP contribution in [0.3, 0.4) is 0 Å². The zero-order valence-corrected chi connectivity index (χ0v) is 9.61. The monoisotopic (exact) mass is 248 g/mol. The maximum atomic E-state index is 13.4. The number of aldehydes is 1. The van der Waals surface area contributed by atoms with Crippen molar-refractivity contribution in [2.75, 3.05) is 0 Å². The van der Waals surface area contributed by atoms with Crippen molar-refractivity contribution in [1.29, 1.82) is 0 Å². The number of benzene rings is 2. The minimum absolute atomic E-state index is 0.122. The molecule has 0 unspecified atom stereocenters. The third-order valence-electron chi connectivity index (χ3n) is 2.41. The van der Waals surface area contributed by atoms with E-state index in [0.717, 1.165) is 17.7 Å². The van der Waals surface area contributed by atoms with E-state index >= 15 is 0 Å². The van der Waals surface area contributed by atoms with Crippen LogP contribution >= 0.6 is 0 Å². The van der Waals surface area contributed by atoms with E-state index in [1.54, 1.807) is 18.2 Å². The summed E-state index contributed by atoms with van der Waals surface area (Å²) in [6.45, 7) is 1.83. The Morgan fingerprint density at radius 3 is 2.44 bits per heavy atom. The number of rotatable bonds is 3. The molecule has 0 saturated heterocycles. The highest BCUT2D eigenvalue weighted by molar-refractivity contribution is 5.79. The largest absolute Gasteiger partial charge is 0.454 e. The van der Waals surface area contributed by atoms with Crippen LogP contribution < -0.4 is 4.74 Å². The Balaban J connectivity index is 2.36. The van der Waals surface area contributed by atoms with Crippen molar-refractivity contribution >= 4 is 6.29 Å². The van der Waals surface area contributed by atoms with Gasteiger partial charge in [0.05, 0.1) is 5.56 Å². The number of carbonyl (C=O) groups is 1. The minimum Gasteiger partial charge on any atom is -0.454 e. The molecule has 0 saturated carbocycles. The summed E-state index contributed by atoms with van der Waals surface area (Å²) in [6, 6.07) is 7.94. The van der Waals surface area contributed by atoms with Crippen LogP contribution in [-0.4, -0.2) is 6.29 Å². The maximum absolute atomic E-state index is 13.4. The highest BCUT2D eigenvalue weighted by Crippen LogP contribution is 2.27. The molecule has 0 aliphatic heterocycles. The van der Waals surface area contributed by atoms with Crippen molar-refractivity contribution in [3.8, 4) is 11.5 Å². The summed E-state index contributed by atoms with van der Waals surface area (Å²) in [5, 5.41) is 0. The molecule has 2 rings (SSSR count). The fourth-order valence-corrected chi connectivity index (χ4v) is 1.53. The molecule has 0 heterocycles. The summed E-state index contributed by atoms with van der Waals surface area (Å²) in [5.74, 6) is -1.38. The molecule has 0 aromatic heterocycles. The molecule has 2 aromatic carbocycles. The number of ether oxygens (including phenoxy) is 1. The third-order valence-corrected chi connectivity index (χ3v) is 2.41. The molecule has 92 valence electrons. The van der Waals surface area contributed by atoms with Crippen LogP contribution in [0, 0.1) is 18.6 Å². The first-order valence-electron chi connectivity index (χ1n) is 5.29. The lowest BCUT2D eigenvalue weighted by molar-refractivity contribution is 0.112. The second-order valence-electron chi connectivity index (χ2n) is 3.84. The highest BCUT2D eigenvalue weighted by Gasteiger charge is 2.09. The minimum atomic E-state index is -0.813. The lowest BCUT2D eigenvalue weighted by Crippen LogP contribution is -1.94. The lowest BCUT2D eigenvalue weighted by atomic mass is 10.1. The van der Waals surface area contributed by atoms with Gasteiger partial charge in [0.2, 0.25) is 0 Å². The Morgan fingerprint density at radius 2 is 1.78 bits per heavy atom. The molecule has 2 aromatic rings. The molecule has 0 spiro atoms. The highest BCUT2D eigenvalue weighted by atomic mass is 19.1. The van der Waals surface area contributed by atoms with E-state index in [9.17, 15) is 13.6 Å². The predicted octanol–water partition coefficient (Wildman–Crippen LogP) is 3.88. The van der Waals surface area contributed by atoms with Gasteiger partial charge in [-0.05, 0) is 31.2 Å². The maximum Gasteiger partial charge on any atom is 0.168 e. The van der Waals surface area contributed by atoms with Crippen LogP contribution in [0.15, 0.2) is 36.4 Å². The summed E-state index contributed by atoms with van der Waals surface area (Å²) in [5.41, 5.74) is 1.21. The van der Waals surface area contributed by atoms with Crippen LogP contribution in [0.4, 0.5) is 8.78 Å². The SMILES string of the molecule is Cc1ccc(Oc2ccc(F)cc2F)c(C=O)c1. The van der Waals surface area contributed by atoms with E-state index in [1.807, 2.05) is 6.92 Å². The molecular weight excluding hydrogens is 238 g/mol. The molecule has 0 aliphatic rings. The first-order chi connectivity index (χ1) is 8.60. The van der Waals surface area contributed by atoms with E-state index in [-0.39, 0.29) is 11.5 Å². The van der Waals surface area contributed by atoms with E-state index in [4.69, 9.17) is 4.74 Å². The predicted molar refractivity (Wildman–Crippen MR) is 63.0 cm³/mol. The molecule has 18 heavy (non-hydrogen) atoms. The van der Waals surface area contributed by atoms with Gasteiger partial charge in [0, 0.05) is 6.07 Å². The summed E-state index contributed by atoms with van der Waals surface area (Å²) in [4.78, 5) is 10.9. The van der Waals surface area contributed by atoms with Gasteiger partial charge in [-0.2, -0.15) is 0 Å². The molecule has 0 bridgehead atoms. The topological polar surface area (TPSA) is 26.3 Å². The first-order valence-corrected chi connectivity index (χ1v) is 5.29. The smallest absolute Gasteiger partial charge is 0.168 e. The van der Waals surface area contributed by atoms with Crippen molar-refractivity contribution in [2.45, 2.75) is 6.92 Å². The van der Waals surface area contributed by atoms with Crippen molar-refractivity contribution in [2.24, 2.45) is 0 Å². The van der Waals surface area contributed by atoms with Crippen LogP contribution in [0.1, 0.15) is 15.9 Å². The Bertz CT molecular complexity index is 594. The van der Waals surface area contributed by atoms with Gasteiger partial charge in [0.25, 0.3) is 0 Å². The van der Waals surface area contributed by atoms with Gasteiger partial charge in [0.15, 0.2) is 17.9 Å². The van der Waals surface area contributed by atoms with Gasteiger partial charge in [0.1, 0.15) is 11.6 Å². The number of aryl methyl sites for hydroxylation is 1. The van der Waals surface area contributed by atoms with E-state index in [1.165, 1.54) is 6.07 Å². The molecule has 0 fully saturated rings. The zero-order valence-electron chi connectivity index (χ0n) is 9.61. The molecule has 0 aliphatic carbocycles. The Kier molecular flexibility index (Phi) is 3.37. The van der Waals surface area contributed by atoms with Crippen LogP contribution in [0.5, 0.6) is 11.5 Å². The summed E-state index contributed by atoms with van der Waals surface area (Å²) in [6.07, 6.45) is 0.629. The van der Waals surface area contributed by atoms with Crippen LogP contribution in [-0.2, 0) is 0 Å². The molecular formula is C14H10F2O2. The van der Waals surface area contributed by atoms with Crippen molar-refractivity contribution < 1.29 is 18.3 Å². The van der Waals surface area contributed by atoms with Gasteiger partial charge in [-0.25, -0.2) is 8.78 Å². The van der Waals surface area contributed by atoms with Gasteiger partial charge < -0.3 is 4.74 Å². The first kappa shape index (κ1) is 12.2. The average molecular weight is 248 g/mol. The summed E-state index contributed by atoms with van der Waals surface area (Å²) in [7, 11) is 0. The Morgan fingerprint density at radius 1 is 1.06 bits per heavy atom. The van der Waals surface area contributed by atoms with Crippen LogP contribution in [0.2, 0.25) is 0 Å². The van der Waals surface area contributed by atoms with Crippen LogP contribution in [0.25, 0.3) is 0 Å². The molecule has 4 heteroatoms. The number of carbonyl (C=O) groups excluding carboxylic acids is 1. The van der Waals surface area contributed by atoms with Gasteiger partial charge in [-0.15, -0.1) is 0 Å². The second kappa shape index (κ2) is 4.96.